The van der Waals surface area contributed by atoms with Gasteiger partial charge in [-0.25, -0.2) is 0 Å². The SMILES string of the molecule is CCCC(C)(I)c1cccc(Oc2ccc(-c3ccc(OC(F)(F)F)cc3)cc2[N+](=O)[O-])c1. The van der Waals surface area contributed by atoms with Gasteiger partial charge in [0.2, 0.25) is 5.75 Å². The van der Waals surface area contributed by atoms with E-state index < -0.39 is 11.3 Å². The molecule has 33 heavy (non-hydrogen) atoms. The first kappa shape index (κ1) is 24.8. The number of halogens is 4. The maximum absolute atomic E-state index is 12.3. The van der Waals surface area contributed by atoms with E-state index in [-0.39, 0.29) is 20.6 Å². The van der Waals surface area contributed by atoms with Crippen LogP contribution in [0.15, 0.2) is 66.7 Å². The maximum Gasteiger partial charge on any atom is 0.573 e. The zero-order valence-electron chi connectivity index (χ0n) is 17.9. The fraction of sp³-hybridized carbons (Fsp3) is 0.250. The summed E-state index contributed by atoms with van der Waals surface area (Å²) in [5, 5.41) is 11.7. The highest BCUT2D eigenvalue weighted by Gasteiger charge is 2.31. The molecule has 1 atom stereocenters. The molecule has 0 spiro atoms. The smallest absolute Gasteiger partial charge is 0.450 e. The van der Waals surface area contributed by atoms with Crippen molar-refractivity contribution in [2.75, 3.05) is 0 Å². The van der Waals surface area contributed by atoms with E-state index in [1.807, 2.05) is 18.2 Å². The highest BCUT2D eigenvalue weighted by Crippen LogP contribution is 2.40. The third-order valence-corrected chi connectivity index (χ3v) is 6.12. The highest BCUT2D eigenvalue weighted by atomic mass is 127. The van der Waals surface area contributed by atoms with Gasteiger partial charge in [0.05, 0.1) is 4.92 Å². The van der Waals surface area contributed by atoms with Gasteiger partial charge in [-0.15, -0.1) is 13.2 Å². The summed E-state index contributed by atoms with van der Waals surface area (Å²) in [6, 6.07) is 17.0. The van der Waals surface area contributed by atoms with E-state index in [2.05, 4.69) is 41.2 Å². The zero-order chi connectivity index (χ0) is 24.2. The number of benzene rings is 3. The number of nitro groups is 1. The predicted molar refractivity (Wildman–Crippen MR) is 128 cm³/mol. The van der Waals surface area contributed by atoms with Crippen molar-refractivity contribution in [1.82, 2.24) is 0 Å². The lowest BCUT2D eigenvalue weighted by atomic mass is 9.96. The summed E-state index contributed by atoms with van der Waals surface area (Å²) < 4.78 is 46.7. The molecule has 174 valence electrons. The van der Waals surface area contributed by atoms with Crippen molar-refractivity contribution < 1.29 is 27.6 Å². The number of nitrogens with zero attached hydrogens (tertiary/aromatic N) is 1. The van der Waals surface area contributed by atoms with Crippen molar-refractivity contribution in [2.45, 2.75) is 36.5 Å². The molecule has 1 unspecified atom stereocenters. The Labute approximate surface area is 202 Å². The first-order valence-electron chi connectivity index (χ1n) is 10.1. The van der Waals surface area contributed by atoms with E-state index >= 15 is 0 Å². The van der Waals surface area contributed by atoms with E-state index in [0.717, 1.165) is 30.5 Å². The van der Waals surface area contributed by atoms with Gasteiger partial charge in [-0.1, -0.05) is 66.3 Å². The summed E-state index contributed by atoms with van der Waals surface area (Å²) >= 11 is 2.39. The normalized spacial score (nSPS) is 13.3. The Morgan fingerprint density at radius 1 is 0.970 bits per heavy atom. The van der Waals surface area contributed by atoms with Crippen LogP contribution in [0, 0.1) is 10.1 Å². The van der Waals surface area contributed by atoms with Gasteiger partial charge in [-0.2, -0.15) is 0 Å². The van der Waals surface area contributed by atoms with Crippen LogP contribution in [0.1, 0.15) is 32.3 Å². The summed E-state index contributed by atoms with van der Waals surface area (Å²) in [7, 11) is 0. The zero-order valence-corrected chi connectivity index (χ0v) is 20.0. The lowest BCUT2D eigenvalue weighted by molar-refractivity contribution is -0.385. The molecule has 0 heterocycles. The van der Waals surface area contributed by atoms with Crippen molar-refractivity contribution in [3.8, 4) is 28.4 Å². The average Bonchev–Trinajstić information content (AvgIpc) is 2.73. The number of hydrogen-bond acceptors (Lipinski definition) is 4. The molecule has 0 aliphatic heterocycles. The van der Waals surface area contributed by atoms with Gasteiger partial charge in [0, 0.05) is 9.49 Å². The number of ether oxygens (including phenoxy) is 2. The van der Waals surface area contributed by atoms with Crippen molar-refractivity contribution in [2.24, 2.45) is 0 Å². The van der Waals surface area contributed by atoms with Crippen LogP contribution in [0.25, 0.3) is 11.1 Å². The Bertz CT molecular complexity index is 1130. The molecular weight excluding hydrogens is 550 g/mol. The maximum atomic E-state index is 12.3. The molecule has 0 radical (unpaired) electrons. The minimum atomic E-state index is -4.79. The van der Waals surface area contributed by atoms with Gasteiger partial charge < -0.3 is 9.47 Å². The summed E-state index contributed by atoms with van der Waals surface area (Å²) in [5.41, 5.74) is 1.77. The van der Waals surface area contributed by atoms with Gasteiger partial charge in [-0.05, 0) is 60.4 Å². The van der Waals surface area contributed by atoms with E-state index in [4.69, 9.17) is 4.74 Å². The molecule has 0 saturated carbocycles. The first-order valence-corrected chi connectivity index (χ1v) is 11.2. The predicted octanol–water partition coefficient (Wildman–Crippen LogP) is 8.40. The Morgan fingerprint density at radius 3 is 2.24 bits per heavy atom. The highest BCUT2D eigenvalue weighted by molar-refractivity contribution is 14.1. The number of nitro benzene ring substituents is 1. The van der Waals surface area contributed by atoms with Gasteiger partial charge >= 0.3 is 12.0 Å². The van der Waals surface area contributed by atoms with Crippen molar-refractivity contribution in [3.63, 3.8) is 0 Å². The second-order valence-electron chi connectivity index (χ2n) is 7.59. The van der Waals surface area contributed by atoms with E-state index in [1.54, 1.807) is 12.1 Å². The molecule has 3 rings (SSSR count). The molecule has 5 nitrogen and oxygen atoms in total. The third-order valence-electron chi connectivity index (χ3n) is 4.96. The molecular formula is C24H21F3INO4. The number of rotatable bonds is 8. The molecule has 0 fully saturated rings. The molecule has 0 N–H and O–H groups in total. The minimum absolute atomic E-state index is 0.0728. The summed E-state index contributed by atoms with van der Waals surface area (Å²) in [6.07, 6.45) is -2.80. The molecule has 3 aromatic rings. The first-order chi connectivity index (χ1) is 15.5. The van der Waals surface area contributed by atoms with Gasteiger partial charge in [0.15, 0.2) is 0 Å². The second-order valence-corrected chi connectivity index (χ2v) is 9.97. The molecule has 0 aliphatic carbocycles. The minimum Gasteiger partial charge on any atom is -0.450 e. The number of hydrogen-bond donors (Lipinski definition) is 0. The molecule has 0 aliphatic rings. The third kappa shape index (κ3) is 6.59. The van der Waals surface area contributed by atoms with Crippen LogP contribution in [0.5, 0.6) is 17.2 Å². The fourth-order valence-electron chi connectivity index (χ4n) is 3.40. The van der Waals surface area contributed by atoms with Crippen LogP contribution < -0.4 is 9.47 Å². The Kier molecular flexibility index (Phi) is 7.51. The van der Waals surface area contributed by atoms with Gasteiger partial charge in [0.1, 0.15) is 11.5 Å². The molecule has 0 bridgehead atoms. The van der Waals surface area contributed by atoms with Gasteiger partial charge in [-0.3, -0.25) is 10.1 Å². The lowest BCUT2D eigenvalue weighted by Gasteiger charge is -2.23. The van der Waals surface area contributed by atoms with Gasteiger partial charge in [0.25, 0.3) is 0 Å². The van der Waals surface area contributed by atoms with Crippen molar-refractivity contribution in [1.29, 1.82) is 0 Å². The average molecular weight is 571 g/mol. The van der Waals surface area contributed by atoms with Crippen LogP contribution >= 0.6 is 22.6 Å². The van der Waals surface area contributed by atoms with E-state index in [1.165, 1.54) is 24.3 Å². The van der Waals surface area contributed by atoms with Crippen LogP contribution in [0.4, 0.5) is 18.9 Å². The van der Waals surface area contributed by atoms with Crippen LogP contribution in [0.2, 0.25) is 0 Å². The quantitative estimate of drug-likeness (QED) is 0.118. The van der Waals surface area contributed by atoms with Crippen molar-refractivity contribution >= 4 is 28.3 Å². The Morgan fingerprint density at radius 2 is 1.64 bits per heavy atom. The molecule has 3 aromatic carbocycles. The summed E-state index contributed by atoms with van der Waals surface area (Å²) in [4.78, 5) is 11.1. The van der Waals surface area contributed by atoms with E-state index in [0.29, 0.717) is 16.9 Å². The Balaban J connectivity index is 1.88. The molecule has 9 heteroatoms. The second kappa shape index (κ2) is 9.98. The van der Waals surface area contributed by atoms with Crippen LogP contribution in [-0.2, 0) is 3.42 Å². The number of alkyl halides is 4. The largest absolute Gasteiger partial charge is 0.573 e. The van der Waals surface area contributed by atoms with Crippen molar-refractivity contribution in [3.05, 3.63) is 82.4 Å². The lowest BCUT2D eigenvalue weighted by Crippen LogP contribution is -2.16. The van der Waals surface area contributed by atoms with Crippen LogP contribution in [-0.4, -0.2) is 11.3 Å². The molecule has 0 amide bonds. The Hall–Kier alpha value is -2.82. The summed E-state index contributed by atoms with van der Waals surface area (Å²) in [6.45, 7) is 4.23. The van der Waals surface area contributed by atoms with Crippen LogP contribution in [0.3, 0.4) is 0 Å². The standard InChI is InChI=1S/C24H21F3INO4/c1-3-13-23(2,28)18-5-4-6-20(15-18)32-22-12-9-17(14-21(22)29(30)31)16-7-10-19(11-8-16)33-24(25,26)27/h4-12,14-15H,3,13H2,1-2H3. The summed E-state index contributed by atoms with van der Waals surface area (Å²) in [5.74, 6) is 0.186. The topological polar surface area (TPSA) is 61.6 Å². The molecule has 0 saturated heterocycles. The van der Waals surface area contributed by atoms with E-state index in [9.17, 15) is 23.3 Å². The monoisotopic (exact) mass is 571 g/mol. The fourth-order valence-corrected chi connectivity index (χ4v) is 4.27. The molecule has 0 aromatic heterocycles.